The van der Waals surface area contributed by atoms with Crippen molar-refractivity contribution in [1.29, 1.82) is 0 Å². The van der Waals surface area contributed by atoms with E-state index in [0.29, 0.717) is 17.5 Å². The molecule has 28 heavy (non-hydrogen) atoms. The molecule has 0 spiro atoms. The lowest BCUT2D eigenvalue weighted by molar-refractivity contribution is -0.384. The van der Waals surface area contributed by atoms with Gasteiger partial charge in [-0.1, -0.05) is 0 Å². The standard InChI is InChI=1S/C18H17F3N2O5/c1-11(17(24)27-3)28-14-7-5-13(6-8-14)22(2)15-9-4-12(18(19,20)21)10-16(15)23(25)26/h4-11H,1-3H3. The zero-order chi connectivity index (χ0) is 21.1. The Hall–Kier alpha value is -3.30. The van der Waals surface area contributed by atoms with Crippen molar-refractivity contribution in [2.75, 3.05) is 19.1 Å². The molecule has 0 aliphatic heterocycles. The lowest BCUT2D eigenvalue weighted by Crippen LogP contribution is -2.24. The molecule has 10 heteroatoms. The van der Waals surface area contributed by atoms with Crippen molar-refractivity contribution < 1.29 is 32.4 Å². The van der Waals surface area contributed by atoms with E-state index < -0.39 is 34.4 Å². The molecule has 0 aliphatic rings. The van der Waals surface area contributed by atoms with E-state index in [2.05, 4.69) is 4.74 Å². The van der Waals surface area contributed by atoms with Gasteiger partial charge in [0, 0.05) is 18.8 Å². The first kappa shape index (κ1) is 21.0. The molecule has 0 fully saturated rings. The Morgan fingerprint density at radius 3 is 2.29 bits per heavy atom. The number of carbonyl (C=O) groups is 1. The van der Waals surface area contributed by atoms with Gasteiger partial charge >= 0.3 is 12.1 Å². The summed E-state index contributed by atoms with van der Waals surface area (Å²) >= 11 is 0. The van der Waals surface area contributed by atoms with Gasteiger partial charge in [0.1, 0.15) is 11.4 Å². The highest BCUT2D eigenvalue weighted by Gasteiger charge is 2.33. The van der Waals surface area contributed by atoms with E-state index in [1.165, 1.54) is 38.1 Å². The molecule has 0 saturated carbocycles. The van der Waals surface area contributed by atoms with Crippen LogP contribution >= 0.6 is 0 Å². The number of nitro groups is 1. The summed E-state index contributed by atoms with van der Waals surface area (Å²) in [4.78, 5) is 23.1. The predicted octanol–water partition coefficient (Wildman–Crippen LogP) is 4.32. The fraction of sp³-hybridized carbons (Fsp3) is 0.278. The molecule has 0 aromatic heterocycles. The van der Waals surface area contributed by atoms with Crippen LogP contribution in [0.3, 0.4) is 0 Å². The van der Waals surface area contributed by atoms with Crippen LogP contribution in [0.25, 0.3) is 0 Å². The van der Waals surface area contributed by atoms with Gasteiger partial charge in [0.2, 0.25) is 0 Å². The lowest BCUT2D eigenvalue weighted by atomic mass is 10.1. The maximum absolute atomic E-state index is 12.8. The number of hydrogen-bond acceptors (Lipinski definition) is 6. The Bertz CT molecular complexity index is 869. The van der Waals surface area contributed by atoms with Gasteiger partial charge in [0.05, 0.1) is 17.6 Å². The van der Waals surface area contributed by atoms with Crippen LogP contribution in [0.1, 0.15) is 12.5 Å². The minimum absolute atomic E-state index is 0.00500. The number of esters is 1. The molecule has 150 valence electrons. The molecule has 0 bridgehead atoms. The molecule has 2 aromatic rings. The number of methoxy groups -OCH3 is 1. The molecule has 0 radical (unpaired) electrons. The summed E-state index contributed by atoms with van der Waals surface area (Å²) in [5.41, 5.74) is -1.30. The van der Waals surface area contributed by atoms with Crippen molar-refractivity contribution in [3.05, 3.63) is 58.1 Å². The minimum atomic E-state index is -4.68. The van der Waals surface area contributed by atoms with Gasteiger partial charge in [-0.05, 0) is 43.3 Å². The molecule has 7 nitrogen and oxygen atoms in total. The number of nitrogens with zero attached hydrogens (tertiary/aromatic N) is 2. The summed E-state index contributed by atoms with van der Waals surface area (Å²) in [5.74, 6) is -0.196. The zero-order valence-electron chi connectivity index (χ0n) is 15.2. The number of rotatable bonds is 6. The Kier molecular flexibility index (Phi) is 6.12. The number of halogens is 3. The van der Waals surface area contributed by atoms with Gasteiger partial charge in [-0.3, -0.25) is 10.1 Å². The average molecular weight is 398 g/mol. The second kappa shape index (κ2) is 8.15. The Morgan fingerprint density at radius 2 is 1.79 bits per heavy atom. The molecule has 0 aliphatic carbocycles. The first-order valence-corrected chi connectivity index (χ1v) is 7.98. The number of nitro benzene ring substituents is 1. The maximum atomic E-state index is 12.8. The highest BCUT2D eigenvalue weighted by molar-refractivity contribution is 5.75. The molecular formula is C18H17F3N2O5. The first-order valence-electron chi connectivity index (χ1n) is 7.98. The van der Waals surface area contributed by atoms with Crippen LogP contribution in [-0.2, 0) is 15.7 Å². The van der Waals surface area contributed by atoms with Crippen molar-refractivity contribution in [3.8, 4) is 5.75 Å². The number of ether oxygens (including phenoxy) is 2. The van der Waals surface area contributed by atoms with Crippen LogP contribution in [0.4, 0.5) is 30.2 Å². The third-order valence-corrected chi connectivity index (χ3v) is 3.93. The summed E-state index contributed by atoms with van der Waals surface area (Å²) in [5, 5.41) is 11.3. The van der Waals surface area contributed by atoms with Crippen LogP contribution < -0.4 is 9.64 Å². The molecule has 2 aromatic carbocycles. The third kappa shape index (κ3) is 4.70. The summed E-state index contributed by atoms with van der Waals surface area (Å²) in [6.45, 7) is 1.51. The van der Waals surface area contributed by atoms with Gasteiger partial charge in [-0.15, -0.1) is 0 Å². The second-order valence-corrected chi connectivity index (χ2v) is 5.79. The number of hydrogen-bond donors (Lipinski definition) is 0. The van der Waals surface area contributed by atoms with Crippen LogP contribution in [0.5, 0.6) is 5.75 Å². The largest absolute Gasteiger partial charge is 0.479 e. The molecule has 1 atom stereocenters. The highest BCUT2D eigenvalue weighted by atomic mass is 19.4. The Morgan fingerprint density at radius 1 is 1.18 bits per heavy atom. The number of alkyl halides is 3. The molecule has 0 heterocycles. The summed E-state index contributed by atoms with van der Waals surface area (Å²) < 4.78 is 48.5. The summed E-state index contributed by atoms with van der Waals surface area (Å²) in [6, 6.07) is 8.50. The van der Waals surface area contributed by atoms with Crippen LogP contribution in [0, 0.1) is 10.1 Å². The van der Waals surface area contributed by atoms with E-state index in [9.17, 15) is 28.1 Å². The van der Waals surface area contributed by atoms with Gasteiger partial charge in [-0.25, -0.2) is 4.79 Å². The van der Waals surface area contributed by atoms with Crippen molar-refractivity contribution >= 4 is 23.0 Å². The summed E-state index contributed by atoms with van der Waals surface area (Å²) in [6.07, 6.45) is -5.51. The van der Waals surface area contributed by atoms with E-state index in [-0.39, 0.29) is 5.69 Å². The van der Waals surface area contributed by atoms with Crippen molar-refractivity contribution in [2.24, 2.45) is 0 Å². The third-order valence-electron chi connectivity index (χ3n) is 3.93. The van der Waals surface area contributed by atoms with E-state index >= 15 is 0 Å². The van der Waals surface area contributed by atoms with Gasteiger partial charge in [-0.2, -0.15) is 13.2 Å². The van der Waals surface area contributed by atoms with Crippen molar-refractivity contribution in [1.82, 2.24) is 0 Å². The van der Waals surface area contributed by atoms with Gasteiger partial charge in [0.25, 0.3) is 5.69 Å². The van der Waals surface area contributed by atoms with Gasteiger partial charge in [0.15, 0.2) is 6.10 Å². The summed E-state index contributed by atoms with van der Waals surface area (Å²) in [7, 11) is 2.72. The quantitative estimate of drug-likeness (QED) is 0.409. The molecule has 2 rings (SSSR count). The van der Waals surface area contributed by atoms with E-state index in [0.717, 1.165) is 12.1 Å². The van der Waals surface area contributed by atoms with Crippen LogP contribution in [0.15, 0.2) is 42.5 Å². The number of benzene rings is 2. The fourth-order valence-electron chi connectivity index (χ4n) is 2.44. The molecular weight excluding hydrogens is 381 g/mol. The van der Waals surface area contributed by atoms with Crippen LogP contribution in [0.2, 0.25) is 0 Å². The first-order chi connectivity index (χ1) is 13.0. The van der Waals surface area contributed by atoms with Gasteiger partial charge < -0.3 is 14.4 Å². The normalized spacial score (nSPS) is 12.2. The average Bonchev–Trinajstić information content (AvgIpc) is 2.66. The minimum Gasteiger partial charge on any atom is -0.479 e. The zero-order valence-corrected chi connectivity index (χ0v) is 15.2. The second-order valence-electron chi connectivity index (χ2n) is 5.79. The van der Waals surface area contributed by atoms with Crippen molar-refractivity contribution in [2.45, 2.75) is 19.2 Å². The number of anilines is 2. The topological polar surface area (TPSA) is 81.9 Å². The SMILES string of the molecule is COC(=O)C(C)Oc1ccc(N(C)c2ccc(C(F)(F)F)cc2[N+](=O)[O-])cc1. The van der Waals surface area contributed by atoms with E-state index in [1.807, 2.05) is 0 Å². The lowest BCUT2D eigenvalue weighted by Gasteiger charge is -2.21. The monoisotopic (exact) mass is 398 g/mol. The Labute approximate surface area is 158 Å². The highest BCUT2D eigenvalue weighted by Crippen LogP contribution is 2.38. The molecule has 0 saturated heterocycles. The van der Waals surface area contributed by atoms with E-state index in [4.69, 9.17) is 4.74 Å². The van der Waals surface area contributed by atoms with Crippen molar-refractivity contribution in [3.63, 3.8) is 0 Å². The molecule has 0 N–H and O–H groups in total. The fourth-order valence-corrected chi connectivity index (χ4v) is 2.44. The maximum Gasteiger partial charge on any atom is 0.416 e. The molecule has 0 amide bonds. The van der Waals surface area contributed by atoms with Crippen LogP contribution in [-0.4, -0.2) is 31.2 Å². The number of carbonyl (C=O) groups excluding carboxylic acids is 1. The molecule has 1 unspecified atom stereocenters. The predicted molar refractivity (Wildman–Crippen MR) is 94.7 cm³/mol. The Balaban J connectivity index is 2.29. The smallest absolute Gasteiger partial charge is 0.416 e. The van der Waals surface area contributed by atoms with E-state index in [1.54, 1.807) is 12.1 Å².